The smallest absolute Gasteiger partial charge is 0.123 e. The summed E-state index contributed by atoms with van der Waals surface area (Å²) in [5, 5.41) is 12.0. The van der Waals surface area contributed by atoms with E-state index < -0.39 is 0 Å². The van der Waals surface area contributed by atoms with Gasteiger partial charge in [-0.25, -0.2) is 4.39 Å². The van der Waals surface area contributed by atoms with Crippen LogP contribution in [0.5, 0.6) is 0 Å². The van der Waals surface area contributed by atoms with Gasteiger partial charge in [-0.2, -0.15) is 5.26 Å². The first-order chi connectivity index (χ1) is 9.19. The minimum Gasteiger partial charge on any atom is -0.309 e. The highest BCUT2D eigenvalue weighted by atomic mass is 19.1. The van der Waals surface area contributed by atoms with Crippen molar-refractivity contribution in [3.63, 3.8) is 0 Å². The monoisotopic (exact) mass is 254 g/mol. The molecular formula is C16H15FN2. The van der Waals surface area contributed by atoms with Gasteiger partial charge in [0.25, 0.3) is 0 Å². The second-order valence-corrected chi connectivity index (χ2v) is 4.48. The van der Waals surface area contributed by atoms with Crippen LogP contribution in [0.25, 0.3) is 0 Å². The van der Waals surface area contributed by atoms with Crippen molar-refractivity contribution in [3.05, 3.63) is 70.5 Å². The van der Waals surface area contributed by atoms with Crippen molar-refractivity contribution in [2.45, 2.75) is 20.0 Å². The van der Waals surface area contributed by atoms with Crippen LogP contribution >= 0.6 is 0 Å². The van der Waals surface area contributed by atoms with Gasteiger partial charge >= 0.3 is 0 Å². The van der Waals surface area contributed by atoms with E-state index in [2.05, 4.69) is 11.4 Å². The van der Waals surface area contributed by atoms with E-state index in [1.807, 2.05) is 19.1 Å². The van der Waals surface area contributed by atoms with Crippen molar-refractivity contribution in [1.82, 2.24) is 5.32 Å². The van der Waals surface area contributed by atoms with Crippen LogP contribution in [0.3, 0.4) is 0 Å². The van der Waals surface area contributed by atoms with E-state index in [1.165, 1.54) is 6.07 Å². The molecule has 0 saturated carbocycles. The van der Waals surface area contributed by atoms with Gasteiger partial charge in [-0.15, -0.1) is 0 Å². The molecule has 2 aromatic rings. The van der Waals surface area contributed by atoms with Crippen molar-refractivity contribution < 1.29 is 4.39 Å². The minimum atomic E-state index is -0.208. The summed E-state index contributed by atoms with van der Waals surface area (Å²) in [6, 6.07) is 14.3. The molecule has 3 heteroatoms. The number of hydrogen-bond acceptors (Lipinski definition) is 2. The quantitative estimate of drug-likeness (QED) is 0.908. The van der Waals surface area contributed by atoms with Gasteiger partial charge in [0.2, 0.25) is 0 Å². The lowest BCUT2D eigenvalue weighted by atomic mass is 10.1. The number of benzene rings is 2. The third kappa shape index (κ3) is 3.64. The first-order valence-electron chi connectivity index (χ1n) is 6.14. The van der Waals surface area contributed by atoms with Gasteiger partial charge in [0, 0.05) is 13.1 Å². The van der Waals surface area contributed by atoms with E-state index in [9.17, 15) is 4.39 Å². The number of aryl methyl sites for hydroxylation is 1. The van der Waals surface area contributed by atoms with Crippen LogP contribution in [-0.2, 0) is 13.1 Å². The Bertz CT molecular complexity index is 597. The second kappa shape index (κ2) is 6.12. The fourth-order valence-electron chi connectivity index (χ4n) is 1.87. The molecule has 0 fully saturated rings. The van der Waals surface area contributed by atoms with Crippen LogP contribution < -0.4 is 5.32 Å². The molecule has 2 rings (SSSR count). The summed E-state index contributed by atoms with van der Waals surface area (Å²) in [5.74, 6) is -0.208. The highest BCUT2D eigenvalue weighted by molar-refractivity contribution is 5.31. The van der Waals surface area contributed by atoms with Gasteiger partial charge in [0.05, 0.1) is 11.6 Å². The Morgan fingerprint density at radius 1 is 1.11 bits per heavy atom. The number of nitriles is 1. The summed E-state index contributed by atoms with van der Waals surface area (Å²) >= 11 is 0. The Balaban J connectivity index is 1.92. The first kappa shape index (κ1) is 13.3. The largest absolute Gasteiger partial charge is 0.309 e. The zero-order chi connectivity index (χ0) is 13.7. The Labute approximate surface area is 112 Å². The van der Waals surface area contributed by atoms with Crippen LogP contribution in [0, 0.1) is 24.1 Å². The molecule has 0 aromatic heterocycles. The van der Waals surface area contributed by atoms with Gasteiger partial charge < -0.3 is 5.32 Å². The molecule has 0 aliphatic carbocycles. The summed E-state index contributed by atoms with van der Waals surface area (Å²) in [6.07, 6.45) is 0. The van der Waals surface area contributed by atoms with Crippen molar-refractivity contribution in [3.8, 4) is 6.07 Å². The standard InChI is InChI=1S/C16H15FN2/c1-12-2-7-16(17)8-15(12)11-19-10-14-5-3-13(9-18)4-6-14/h2-8,19H,10-11H2,1H3. The maximum absolute atomic E-state index is 13.1. The molecule has 0 atom stereocenters. The molecule has 0 aliphatic heterocycles. The van der Waals surface area contributed by atoms with Gasteiger partial charge in [-0.3, -0.25) is 0 Å². The molecule has 0 aliphatic rings. The molecule has 2 nitrogen and oxygen atoms in total. The third-order valence-electron chi connectivity index (χ3n) is 3.04. The Morgan fingerprint density at radius 2 is 1.84 bits per heavy atom. The molecule has 0 saturated heterocycles. The van der Waals surface area contributed by atoms with Crippen LogP contribution in [0.4, 0.5) is 4.39 Å². The van der Waals surface area contributed by atoms with Crippen molar-refractivity contribution in [1.29, 1.82) is 5.26 Å². The number of halogens is 1. The molecule has 0 spiro atoms. The lowest BCUT2D eigenvalue weighted by Gasteiger charge is -2.08. The molecule has 1 N–H and O–H groups in total. The van der Waals surface area contributed by atoms with Crippen LogP contribution in [0.2, 0.25) is 0 Å². The summed E-state index contributed by atoms with van der Waals surface area (Å²) in [6.45, 7) is 3.30. The average Bonchev–Trinajstić information content (AvgIpc) is 2.43. The van der Waals surface area contributed by atoms with Gasteiger partial charge in [-0.05, 0) is 47.9 Å². The Kier molecular flexibility index (Phi) is 4.27. The average molecular weight is 254 g/mol. The normalized spacial score (nSPS) is 10.2. The van der Waals surface area contributed by atoms with E-state index in [0.717, 1.165) is 16.7 Å². The fraction of sp³-hybridized carbons (Fsp3) is 0.188. The second-order valence-electron chi connectivity index (χ2n) is 4.48. The Hall–Kier alpha value is -2.18. The topological polar surface area (TPSA) is 35.8 Å². The molecule has 96 valence electrons. The highest BCUT2D eigenvalue weighted by Crippen LogP contribution is 2.10. The zero-order valence-electron chi connectivity index (χ0n) is 10.8. The van der Waals surface area contributed by atoms with Crippen molar-refractivity contribution in [2.75, 3.05) is 0 Å². The number of nitrogens with one attached hydrogen (secondary N) is 1. The van der Waals surface area contributed by atoms with E-state index in [-0.39, 0.29) is 5.82 Å². The number of hydrogen-bond donors (Lipinski definition) is 1. The fourth-order valence-corrected chi connectivity index (χ4v) is 1.87. The number of rotatable bonds is 4. The maximum atomic E-state index is 13.1. The van der Waals surface area contributed by atoms with E-state index in [1.54, 1.807) is 24.3 Å². The molecule has 0 heterocycles. The predicted molar refractivity (Wildman–Crippen MR) is 72.8 cm³/mol. The molecular weight excluding hydrogens is 239 g/mol. The van der Waals surface area contributed by atoms with Gasteiger partial charge in [0.15, 0.2) is 0 Å². The van der Waals surface area contributed by atoms with E-state index in [4.69, 9.17) is 5.26 Å². The third-order valence-corrected chi connectivity index (χ3v) is 3.04. The number of nitrogens with zero attached hydrogens (tertiary/aromatic N) is 1. The Morgan fingerprint density at radius 3 is 2.53 bits per heavy atom. The SMILES string of the molecule is Cc1ccc(F)cc1CNCc1ccc(C#N)cc1. The minimum absolute atomic E-state index is 0.208. The molecule has 0 amide bonds. The summed E-state index contributed by atoms with van der Waals surface area (Å²) < 4.78 is 13.1. The lowest BCUT2D eigenvalue weighted by molar-refractivity contribution is 0.619. The van der Waals surface area contributed by atoms with Crippen LogP contribution in [-0.4, -0.2) is 0 Å². The summed E-state index contributed by atoms with van der Waals surface area (Å²) in [4.78, 5) is 0. The molecule has 2 aromatic carbocycles. The van der Waals surface area contributed by atoms with Crippen molar-refractivity contribution >= 4 is 0 Å². The molecule has 0 bridgehead atoms. The highest BCUT2D eigenvalue weighted by Gasteiger charge is 2.00. The lowest BCUT2D eigenvalue weighted by Crippen LogP contribution is -2.13. The first-order valence-corrected chi connectivity index (χ1v) is 6.14. The molecule has 0 radical (unpaired) electrons. The van der Waals surface area contributed by atoms with Gasteiger partial charge in [0.1, 0.15) is 5.82 Å². The molecule has 19 heavy (non-hydrogen) atoms. The maximum Gasteiger partial charge on any atom is 0.123 e. The van der Waals surface area contributed by atoms with Crippen LogP contribution in [0.15, 0.2) is 42.5 Å². The van der Waals surface area contributed by atoms with Crippen molar-refractivity contribution in [2.24, 2.45) is 0 Å². The van der Waals surface area contributed by atoms with Crippen LogP contribution in [0.1, 0.15) is 22.3 Å². The predicted octanol–water partition coefficient (Wildman–Crippen LogP) is 3.30. The van der Waals surface area contributed by atoms with E-state index in [0.29, 0.717) is 18.7 Å². The summed E-state index contributed by atoms with van der Waals surface area (Å²) in [7, 11) is 0. The zero-order valence-corrected chi connectivity index (χ0v) is 10.8. The van der Waals surface area contributed by atoms with Gasteiger partial charge in [-0.1, -0.05) is 18.2 Å². The molecule has 0 unspecified atom stereocenters. The summed E-state index contributed by atoms with van der Waals surface area (Å²) in [5.41, 5.74) is 3.81. The van der Waals surface area contributed by atoms with E-state index >= 15 is 0 Å².